The van der Waals surface area contributed by atoms with Gasteiger partial charge >= 0.3 is 5.30 Å². The van der Waals surface area contributed by atoms with Gasteiger partial charge in [0.05, 0.1) is 19.8 Å². The Morgan fingerprint density at radius 2 is 1.56 bits per heavy atom. The van der Waals surface area contributed by atoms with Gasteiger partial charge in [-0.25, -0.2) is 4.79 Å². The van der Waals surface area contributed by atoms with Crippen LogP contribution in [0.2, 0.25) is 0 Å². The summed E-state index contributed by atoms with van der Waals surface area (Å²) >= 11 is 3.46. The number of hydrogen-bond donors (Lipinski definition) is 1. The lowest BCUT2D eigenvalue weighted by Crippen LogP contribution is -2.10. The molecule has 0 aromatic carbocycles. The molecule has 0 amide bonds. The Labute approximate surface area is 103 Å². The largest absolute Gasteiger partial charge is 0.455 e. The number of rotatable bonds is 11. The second-order valence-electron chi connectivity index (χ2n) is 3.40. The maximum Gasteiger partial charge on any atom is 0.364 e. The highest BCUT2D eigenvalue weighted by atomic mass is 32.1. The van der Waals surface area contributed by atoms with Crippen molar-refractivity contribution in [3.63, 3.8) is 0 Å². The molecule has 0 atom stereocenters. The van der Waals surface area contributed by atoms with Gasteiger partial charge in [-0.15, -0.1) is 0 Å². The molecule has 0 spiro atoms. The van der Waals surface area contributed by atoms with Crippen LogP contribution in [0.1, 0.15) is 32.6 Å². The normalized spacial score (nSPS) is 10.4. The summed E-state index contributed by atoms with van der Waals surface area (Å²) in [6, 6.07) is 0. The first-order valence-electron chi connectivity index (χ1n) is 5.78. The Balaban J connectivity index is 2.90. The van der Waals surface area contributed by atoms with Gasteiger partial charge in [-0.1, -0.05) is 38.8 Å². The van der Waals surface area contributed by atoms with E-state index in [1.807, 2.05) is 0 Å². The molecule has 0 saturated carbocycles. The Hall–Kier alpha value is -0.260. The van der Waals surface area contributed by atoms with Gasteiger partial charge in [0.2, 0.25) is 0 Å². The van der Waals surface area contributed by atoms with E-state index in [0.717, 1.165) is 13.0 Å². The highest BCUT2D eigenvalue weighted by Gasteiger charge is 1.94. The van der Waals surface area contributed by atoms with Crippen LogP contribution in [0.5, 0.6) is 0 Å². The second-order valence-corrected chi connectivity index (χ2v) is 3.76. The summed E-state index contributed by atoms with van der Waals surface area (Å²) in [5.41, 5.74) is 0. The van der Waals surface area contributed by atoms with E-state index in [9.17, 15) is 4.79 Å². The average Bonchev–Trinajstić information content (AvgIpc) is 2.25. The van der Waals surface area contributed by atoms with Crippen molar-refractivity contribution in [2.24, 2.45) is 0 Å². The van der Waals surface area contributed by atoms with Crippen molar-refractivity contribution in [2.75, 3.05) is 33.0 Å². The SMILES string of the molecule is CCCCCCOCCOCCOC(=O)S. The summed E-state index contributed by atoms with van der Waals surface area (Å²) in [5.74, 6) is 0. The fourth-order valence-electron chi connectivity index (χ4n) is 1.14. The van der Waals surface area contributed by atoms with Gasteiger partial charge in [-0.2, -0.15) is 0 Å². The monoisotopic (exact) mass is 250 g/mol. The third kappa shape index (κ3) is 13.7. The lowest BCUT2D eigenvalue weighted by Gasteiger charge is -2.05. The van der Waals surface area contributed by atoms with Gasteiger partial charge in [0.15, 0.2) is 0 Å². The molecular formula is C11H22O4S. The van der Waals surface area contributed by atoms with E-state index in [4.69, 9.17) is 9.47 Å². The van der Waals surface area contributed by atoms with E-state index in [2.05, 4.69) is 24.3 Å². The van der Waals surface area contributed by atoms with E-state index in [0.29, 0.717) is 19.8 Å². The van der Waals surface area contributed by atoms with Crippen LogP contribution in [-0.4, -0.2) is 38.3 Å². The molecule has 0 heterocycles. The van der Waals surface area contributed by atoms with Crippen LogP contribution in [0, 0.1) is 0 Å². The van der Waals surface area contributed by atoms with Crippen LogP contribution in [0.3, 0.4) is 0 Å². The van der Waals surface area contributed by atoms with E-state index in [1.54, 1.807) is 0 Å². The summed E-state index contributed by atoms with van der Waals surface area (Å²) in [7, 11) is 0. The molecule has 16 heavy (non-hydrogen) atoms. The fourth-order valence-corrected chi connectivity index (χ4v) is 1.23. The number of hydrogen-bond acceptors (Lipinski definition) is 4. The van der Waals surface area contributed by atoms with Crippen molar-refractivity contribution < 1.29 is 19.0 Å². The minimum Gasteiger partial charge on any atom is -0.455 e. The lowest BCUT2D eigenvalue weighted by atomic mass is 10.2. The summed E-state index contributed by atoms with van der Waals surface area (Å²) in [5, 5.41) is -0.573. The molecule has 4 nitrogen and oxygen atoms in total. The van der Waals surface area contributed by atoms with Crippen molar-refractivity contribution >= 4 is 17.9 Å². The Bertz CT molecular complexity index is 164. The van der Waals surface area contributed by atoms with Crippen molar-refractivity contribution in [1.29, 1.82) is 0 Å². The van der Waals surface area contributed by atoms with Crippen molar-refractivity contribution in [3.05, 3.63) is 0 Å². The van der Waals surface area contributed by atoms with Gasteiger partial charge in [-0.05, 0) is 6.42 Å². The number of ether oxygens (including phenoxy) is 3. The first-order valence-corrected chi connectivity index (χ1v) is 6.23. The zero-order valence-electron chi connectivity index (χ0n) is 9.94. The fraction of sp³-hybridized carbons (Fsp3) is 0.909. The van der Waals surface area contributed by atoms with E-state index in [1.165, 1.54) is 19.3 Å². The predicted molar refractivity (Wildman–Crippen MR) is 66.1 cm³/mol. The molecule has 5 heteroatoms. The standard InChI is InChI=1S/C11H22O4S/c1-2-3-4-5-6-13-7-8-14-9-10-15-11(12)16/h2-10H2,1H3,(H,12,16). The highest BCUT2D eigenvalue weighted by molar-refractivity contribution is 7.96. The molecule has 0 rings (SSSR count). The number of unbranched alkanes of at least 4 members (excludes halogenated alkanes) is 3. The van der Waals surface area contributed by atoms with Gasteiger partial charge in [0.25, 0.3) is 0 Å². The van der Waals surface area contributed by atoms with E-state index in [-0.39, 0.29) is 6.61 Å². The van der Waals surface area contributed by atoms with Crippen LogP contribution in [0.25, 0.3) is 0 Å². The first-order chi connectivity index (χ1) is 7.77. The molecule has 0 radical (unpaired) electrons. The molecule has 0 aliphatic carbocycles. The van der Waals surface area contributed by atoms with Crippen LogP contribution < -0.4 is 0 Å². The van der Waals surface area contributed by atoms with Crippen molar-refractivity contribution in [2.45, 2.75) is 32.6 Å². The zero-order valence-corrected chi connectivity index (χ0v) is 10.8. The molecule has 0 fully saturated rings. The van der Waals surface area contributed by atoms with E-state index >= 15 is 0 Å². The highest BCUT2D eigenvalue weighted by Crippen LogP contribution is 1.98. The third-order valence-electron chi connectivity index (χ3n) is 1.97. The van der Waals surface area contributed by atoms with E-state index < -0.39 is 5.30 Å². The summed E-state index contributed by atoms with van der Waals surface area (Å²) < 4.78 is 15.1. The molecule has 0 saturated heterocycles. The number of thiol groups is 1. The van der Waals surface area contributed by atoms with Gasteiger partial charge in [-0.3, -0.25) is 0 Å². The minimum atomic E-state index is -0.573. The number of carbonyl (C=O) groups excluding carboxylic acids is 1. The van der Waals surface area contributed by atoms with Crippen LogP contribution in [0.4, 0.5) is 4.79 Å². The molecule has 0 unspecified atom stereocenters. The minimum absolute atomic E-state index is 0.249. The Morgan fingerprint density at radius 3 is 2.19 bits per heavy atom. The maximum atomic E-state index is 10.3. The van der Waals surface area contributed by atoms with Gasteiger partial charge < -0.3 is 14.2 Å². The summed E-state index contributed by atoms with van der Waals surface area (Å²) in [6.45, 7) is 4.77. The summed E-state index contributed by atoms with van der Waals surface area (Å²) in [6.07, 6.45) is 4.86. The van der Waals surface area contributed by atoms with Crippen molar-refractivity contribution in [3.8, 4) is 0 Å². The second kappa shape index (κ2) is 12.8. The van der Waals surface area contributed by atoms with Gasteiger partial charge in [0.1, 0.15) is 6.61 Å². The molecular weight excluding hydrogens is 228 g/mol. The molecule has 96 valence electrons. The average molecular weight is 250 g/mol. The van der Waals surface area contributed by atoms with Crippen molar-refractivity contribution in [1.82, 2.24) is 0 Å². The molecule has 0 aliphatic rings. The summed E-state index contributed by atoms with van der Waals surface area (Å²) in [4.78, 5) is 10.3. The molecule has 0 aromatic heterocycles. The molecule has 0 aliphatic heterocycles. The predicted octanol–water partition coefficient (Wildman–Crippen LogP) is 2.67. The third-order valence-corrected chi connectivity index (χ3v) is 2.10. The zero-order chi connectivity index (χ0) is 12.1. The molecule has 0 aromatic rings. The smallest absolute Gasteiger partial charge is 0.364 e. The lowest BCUT2D eigenvalue weighted by molar-refractivity contribution is 0.0304. The first kappa shape index (κ1) is 15.7. The molecule has 0 N–H and O–H groups in total. The Morgan fingerprint density at radius 1 is 0.938 bits per heavy atom. The topological polar surface area (TPSA) is 44.8 Å². The van der Waals surface area contributed by atoms with Crippen LogP contribution in [-0.2, 0) is 14.2 Å². The van der Waals surface area contributed by atoms with Crippen LogP contribution in [0.15, 0.2) is 0 Å². The Kier molecular flexibility index (Phi) is 12.6. The maximum absolute atomic E-state index is 10.3. The van der Waals surface area contributed by atoms with Gasteiger partial charge in [0, 0.05) is 6.61 Å². The number of carbonyl (C=O) groups is 1. The van der Waals surface area contributed by atoms with Crippen LogP contribution >= 0.6 is 12.6 Å². The molecule has 0 bridgehead atoms. The quantitative estimate of drug-likeness (QED) is 0.348.